The fraction of sp³-hybridized carbons (Fsp3) is 0.786. The molecule has 0 radical (unpaired) electrons. The molecule has 1 aliphatic carbocycles. The molecule has 1 unspecified atom stereocenters. The molecule has 4 heteroatoms. The second-order valence-corrected chi connectivity index (χ2v) is 5.63. The van der Waals surface area contributed by atoms with Crippen LogP contribution in [0.15, 0.2) is 0 Å². The van der Waals surface area contributed by atoms with E-state index in [9.17, 15) is 0 Å². The molecule has 1 aromatic heterocycles. The van der Waals surface area contributed by atoms with Crippen molar-refractivity contribution in [1.29, 1.82) is 0 Å². The Bertz CT molecular complexity index is 407. The van der Waals surface area contributed by atoms with Crippen LogP contribution in [0.1, 0.15) is 44.1 Å². The third-order valence-electron chi connectivity index (χ3n) is 3.68. The first-order valence-corrected chi connectivity index (χ1v) is 6.85. The Morgan fingerprint density at radius 2 is 2.06 bits per heavy atom. The highest BCUT2D eigenvalue weighted by atomic mass is 16.5. The van der Waals surface area contributed by atoms with Crippen molar-refractivity contribution in [1.82, 2.24) is 9.78 Å². The molecule has 4 nitrogen and oxygen atoms in total. The Morgan fingerprint density at radius 3 is 2.50 bits per heavy atom. The van der Waals surface area contributed by atoms with Crippen LogP contribution in [0.2, 0.25) is 0 Å². The molecule has 0 amide bonds. The minimum absolute atomic E-state index is 0.404. The van der Waals surface area contributed by atoms with Crippen molar-refractivity contribution in [2.24, 2.45) is 5.92 Å². The Morgan fingerprint density at radius 1 is 1.39 bits per heavy atom. The van der Waals surface area contributed by atoms with Gasteiger partial charge >= 0.3 is 0 Å². The van der Waals surface area contributed by atoms with Gasteiger partial charge in [0.05, 0.1) is 29.7 Å². The molecule has 0 spiro atoms. The standard InChI is InChI=1S/C14H25N3O/c1-9(2)17-11(4)14(10(3)16-17)15-13(8-18-5)12-6-7-12/h9,12-13,15H,6-8H2,1-5H3. The number of aromatic nitrogens is 2. The fourth-order valence-electron chi connectivity index (χ4n) is 2.53. The van der Waals surface area contributed by atoms with Gasteiger partial charge in [-0.05, 0) is 46.5 Å². The van der Waals surface area contributed by atoms with Gasteiger partial charge in [0.2, 0.25) is 0 Å². The van der Waals surface area contributed by atoms with Gasteiger partial charge in [0, 0.05) is 13.2 Å². The molecular weight excluding hydrogens is 226 g/mol. The van der Waals surface area contributed by atoms with Gasteiger partial charge in [0.1, 0.15) is 0 Å². The second-order valence-electron chi connectivity index (χ2n) is 5.63. The molecule has 0 aliphatic heterocycles. The highest BCUT2D eigenvalue weighted by Gasteiger charge is 2.32. The third kappa shape index (κ3) is 2.69. The molecule has 1 N–H and O–H groups in total. The average Bonchev–Trinajstić information content (AvgIpc) is 3.10. The molecule has 0 bridgehead atoms. The summed E-state index contributed by atoms with van der Waals surface area (Å²) in [5, 5.41) is 8.26. The molecule has 18 heavy (non-hydrogen) atoms. The molecule has 0 aromatic carbocycles. The topological polar surface area (TPSA) is 39.1 Å². The van der Waals surface area contributed by atoms with Gasteiger partial charge in [-0.3, -0.25) is 4.68 Å². The Balaban J connectivity index is 2.16. The van der Waals surface area contributed by atoms with Crippen LogP contribution in [0.3, 0.4) is 0 Å². The molecule has 1 aromatic rings. The SMILES string of the molecule is COCC(Nc1c(C)nn(C(C)C)c1C)C1CC1. The van der Waals surface area contributed by atoms with Crippen LogP contribution in [0.4, 0.5) is 5.69 Å². The van der Waals surface area contributed by atoms with Crippen molar-refractivity contribution in [3.05, 3.63) is 11.4 Å². The molecule has 1 aliphatic rings. The summed E-state index contributed by atoms with van der Waals surface area (Å²) in [4.78, 5) is 0. The first kappa shape index (κ1) is 13.4. The maximum Gasteiger partial charge on any atom is 0.0828 e. The zero-order valence-electron chi connectivity index (χ0n) is 12.2. The van der Waals surface area contributed by atoms with Crippen LogP contribution in [-0.2, 0) is 4.74 Å². The molecule has 0 saturated heterocycles. The number of hydrogen-bond acceptors (Lipinski definition) is 3. The van der Waals surface area contributed by atoms with Gasteiger partial charge in [-0.1, -0.05) is 0 Å². The summed E-state index contributed by atoms with van der Waals surface area (Å²) in [6, 6.07) is 0.832. The van der Waals surface area contributed by atoms with E-state index in [0.29, 0.717) is 12.1 Å². The lowest BCUT2D eigenvalue weighted by atomic mass is 10.1. The van der Waals surface area contributed by atoms with E-state index >= 15 is 0 Å². The number of ether oxygens (including phenoxy) is 1. The lowest BCUT2D eigenvalue weighted by Crippen LogP contribution is -2.27. The fourth-order valence-corrected chi connectivity index (χ4v) is 2.53. The number of rotatable bonds is 6. The molecule has 1 heterocycles. The van der Waals surface area contributed by atoms with Gasteiger partial charge in [-0.25, -0.2) is 0 Å². The van der Waals surface area contributed by atoms with Crippen molar-refractivity contribution in [3.63, 3.8) is 0 Å². The summed E-state index contributed by atoms with van der Waals surface area (Å²) >= 11 is 0. The van der Waals surface area contributed by atoms with E-state index in [1.54, 1.807) is 7.11 Å². The second kappa shape index (κ2) is 5.31. The van der Waals surface area contributed by atoms with E-state index in [1.807, 2.05) is 0 Å². The summed E-state index contributed by atoms with van der Waals surface area (Å²) in [6.07, 6.45) is 2.63. The zero-order chi connectivity index (χ0) is 13.3. The number of aryl methyl sites for hydroxylation is 1. The molecule has 1 saturated carbocycles. The Labute approximate surface area is 110 Å². The first-order chi connectivity index (χ1) is 8.54. The van der Waals surface area contributed by atoms with Gasteiger partial charge in [-0.2, -0.15) is 5.10 Å². The number of anilines is 1. The van der Waals surface area contributed by atoms with Crippen LogP contribution in [0, 0.1) is 19.8 Å². The van der Waals surface area contributed by atoms with Crippen LogP contribution >= 0.6 is 0 Å². The smallest absolute Gasteiger partial charge is 0.0828 e. The maximum atomic E-state index is 5.32. The average molecular weight is 251 g/mol. The number of nitrogens with zero attached hydrogens (tertiary/aromatic N) is 2. The van der Waals surface area contributed by atoms with E-state index in [2.05, 4.69) is 42.8 Å². The molecule has 2 rings (SSSR count). The van der Waals surface area contributed by atoms with Crippen LogP contribution in [0.5, 0.6) is 0 Å². The van der Waals surface area contributed by atoms with Gasteiger partial charge < -0.3 is 10.1 Å². The van der Waals surface area contributed by atoms with Crippen molar-refractivity contribution < 1.29 is 4.74 Å². The molecule has 1 atom stereocenters. The number of methoxy groups -OCH3 is 1. The lowest BCUT2D eigenvalue weighted by Gasteiger charge is -2.19. The third-order valence-corrected chi connectivity index (χ3v) is 3.68. The van der Waals surface area contributed by atoms with Crippen molar-refractivity contribution in [2.75, 3.05) is 19.0 Å². The minimum Gasteiger partial charge on any atom is -0.383 e. The quantitative estimate of drug-likeness (QED) is 0.845. The van der Waals surface area contributed by atoms with E-state index in [0.717, 1.165) is 18.2 Å². The number of hydrogen-bond donors (Lipinski definition) is 1. The van der Waals surface area contributed by atoms with E-state index in [1.165, 1.54) is 24.2 Å². The van der Waals surface area contributed by atoms with Crippen molar-refractivity contribution in [3.8, 4) is 0 Å². The minimum atomic E-state index is 0.404. The van der Waals surface area contributed by atoms with Crippen LogP contribution in [0.25, 0.3) is 0 Å². The van der Waals surface area contributed by atoms with E-state index in [4.69, 9.17) is 4.74 Å². The van der Waals surface area contributed by atoms with Gasteiger partial charge in [0.25, 0.3) is 0 Å². The Kier molecular flexibility index (Phi) is 3.95. The van der Waals surface area contributed by atoms with Gasteiger partial charge in [-0.15, -0.1) is 0 Å². The first-order valence-electron chi connectivity index (χ1n) is 6.85. The summed E-state index contributed by atoms with van der Waals surface area (Å²) in [5.74, 6) is 0.770. The van der Waals surface area contributed by atoms with Crippen molar-refractivity contribution >= 4 is 5.69 Å². The maximum absolute atomic E-state index is 5.32. The predicted octanol–water partition coefficient (Wildman–Crippen LogP) is 2.92. The molecular formula is C14H25N3O. The van der Waals surface area contributed by atoms with Crippen LogP contribution in [-0.4, -0.2) is 29.5 Å². The Hall–Kier alpha value is -1.03. The summed E-state index contributed by atoms with van der Waals surface area (Å²) in [7, 11) is 1.77. The monoisotopic (exact) mass is 251 g/mol. The summed E-state index contributed by atoms with van der Waals surface area (Å²) in [5.41, 5.74) is 3.50. The van der Waals surface area contributed by atoms with Crippen LogP contribution < -0.4 is 5.32 Å². The summed E-state index contributed by atoms with van der Waals surface area (Å²) in [6.45, 7) is 9.31. The van der Waals surface area contributed by atoms with E-state index in [-0.39, 0.29) is 0 Å². The largest absolute Gasteiger partial charge is 0.383 e. The van der Waals surface area contributed by atoms with Gasteiger partial charge in [0.15, 0.2) is 0 Å². The predicted molar refractivity (Wildman–Crippen MR) is 74.1 cm³/mol. The molecule has 1 fully saturated rings. The molecule has 102 valence electrons. The highest BCUT2D eigenvalue weighted by molar-refractivity contribution is 5.53. The normalized spacial score (nSPS) is 17.2. The lowest BCUT2D eigenvalue weighted by molar-refractivity contribution is 0.179. The zero-order valence-corrected chi connectivity index (χ0v) is 12.2. The highest BCUT2D eigenvalue weighted by Crippen LogP contribution is 2.35. The number of nitrogens with one attached hydrogen (secondary N) is 1. The van der Waals surface area contributed by atoms with E-state index < -0.39 is 0 Å². The van der Waals surface area contributed by atoms with Crippen molar-refractivity contribution in [2.45, 2.75) is 52.6 Å². The summed E-state index contributed by atoms with van der Waals surface area (Å²) < 4.78 is 7.41.